The Morgan fingerprint density at radius 1 is 1.00 bits per heavy atom. The van der Waals surface area contributed by atoms with Crippen LogP contribution in [0.5, 0.6) is 5.75 Å². The minimum Gasteiger partial charge on any atom is -0.497 e. The number of nitrogens with zero attached hydrogens (tertiary/aromatic N) is 4. The number of ether oxygens (including phenoxy) is 1. The molecule has 0 aliphatic carbocycles. The SMILES string of the molecule is COc1ccc(-c2cc(C(F)(F)F)cnc2C(=O)c2nnn(-c3ccc(Cl)c(Cl)c3)c2C)cc1. The molecular formula is C23H15Cl2F3N4O2. The van der Waals surface area contributed by atoms with Crippen LogP contribution in [0.3, 0.4) is 0 Å². The van der Waals surface area contributed by atoms with Crippen LogP contribution in [0.4, 0.5) is 13.2 Å². The maximum absolute atomic E-state index is 13.4. The van der Waals surface area contributed by atoms with E-state index in [-0.39, 0.29) is 22.0 Å². The van der Waals surface area contributed by atoms with E-state index >= 15 is 0 Å². The Kier molecular flexibility index (Phi) is 6.33. The number of hydrogen-bond donors (Lipinski definition) is 0. The van der Waals surface area contributed by atoms with Crippen LogP contribution >= 0.6 is 23.2 Å². The zero-order chi connectivity index (χ0) is 24.6. The highest BCUT2D eigenvalue weighted by atomic mass is 35.5. The molecule has 0 saturated carbocycles. The van der Waals surface area contributed by atoms with Gasteiger partial charge in [-0.25, -0.2) is 4.68 Å². The van der Waals surface area contributed by atoms with Gasteiger partial charge in [0, 0.05) is 11.8 Å². The number of benzene rings is 2. The summed E-state index contributed by atoms with van der Waals surface area (Å²) in [6.07, 6.45) is -4.01. The van der Waals surface area contributed by atoms with Crippen LogP contribution in [-0.2, 0) is 6.18 Å². The molecule has 0 N–H and O–H groups in total. The average molecular weight is 507 g/mol. The lowest BCUT2D eigenvalue weighted by molar-refractivity contribution is -0.137. The second-order valence-corrected chi connectivity index (χ2v) is 8.02. The van der Waals surface area contributed by atoms with E-state index in [4.69, 9.17) is 27.9 Å². The first-order chi connectivity index (χ1) is 16.1. The van der Waals surface area contributed by atoms with Crippen LogP contribution in [0.2, 0.25) is 10.0 Å². The predicted molar refractivity (Wildman–Crippen MR) is 121 cm³/mol. The molecule has 4 aromatic rings. The Morgan fingerprint density at radius 3 is 2.32 bits per heavy atom. The molecule has 6 nitrogen and oxygen atoms in total. The number of ketones is 1. The molecule has 0 aliphatic rings. The molecule has 0 saturated heterocycles. The highest BCUT2D eigenvalue weighted by molar-refractivity contribution is 6.42. The summed E-state index contributed by atoms with van der Waals surface area (Å²) < 4.78 is 46.6. The van der Waals surface area contributed by atoms with E-state index in [1.807, 2.05) is 0 Å². The highest BCUT2D eigenvalue weighted by Crippen LogP contribution is 2.34. The van der Waals surface area contributed by atoms with E-state index < -0.39 is 17.5 Å². The van der Waals surface area contributed by atoms with Gasteiger partial charge in [0.1, 0.15) is 11.4 Å². The number of halogens is 5. The van der Waals surface area contributed by atoms with Gasteiger partial charge in [-0.3, -0.25) is 9.78 Å². The molecule has 2 aromatic heterocycles. The summed E-state index contributed by atoms with van der Waals surface area (Å²) in [6, 6.07) is 11.9. The predicted octanol–water partition coefficient (Wildman–Crippen LogP) is 6.20. The first kappa shape index (κ1) is 23.7. The lowest BCUT2D eigenvalue weighted by atomic mass is 9.98. The van der Waals surface area contributed by atoms with E-state index in [2.05, 4.69) is 15.3 Å². The number of aromatic nitrogens is 4. The number of methoxy groups -OCH3 is 1. The van der Waals surface area contributed by atoms with Crippen molar-refractivity contribution in [3.63, 3.8) is 0 Å². The van der Waals surface area contributed by atoms with Gasteiger partial charge in [-0.2, -0.15) is 13.2 Å². The van der Waals surface area contributed by atoms with Gasteiger partial charge in [0.2, 0.25) is 5.78 Å². The summed E-state index contributed by atoms with van der Waals surface area (Å²) in [5, 5.41) is 8.59. The van der Waals surface area contributed by atoms with Gasteiger partial charge >= 0.3 is 6.18 Å². The molecule has 174 valence electrons. The average Bonchev–Trinajstić information content (AvgIpc) is 3.20. The Hall–Kier alpha value is -3.43. The minimum absolute atomic E-state index is 0.00552. The number of pyridine rings is 1. The Balaban J connectivity index is 1.81. The quantitative estimate of drug-likeness (QED) is 0.301. The first-order valence-electron chi connectivity index (χ1n) is 9.74. The fourth-order valence-corrected chi connectivity index (χ4v) is 3.60. The molecule has 0 amide bonds. The standard InChI is InChI=1S/C23H15Cl2F3N4O2/c1-12-20(30-31-32(12)15-5-8-18(24)19(25)10-15)22(33)21-17(9-14(11-29-21)23(26,27)28)13-3-6-16(34-2)7-4-13/h3-11H,1-2H3. The Morgan fingerprint density at radius 2 is 1.71 bits per heavy atom. The van der Waals surface area contributed by atoms with E-state index in [0.717, 1.165) is 6.07 Å². The number of hydrogen-bond acceptors (Lipinski definition) is 5. The van der Waals surface area contributed by atoms with Crippen LogP contribution < -0.4 is 4.74 Å². The molecule has 2 aromatic carbocycles. The maximum atomic E-state index is 13.4. The van der Waals surface area contributed by atoms with Crippen molar-refractivity contribution in [1.82, 2.24) is 20.0 Å². The number of carbonyl (C=O) groups is 1. The zero-order valence-corrected chi connectivity index (χ0v) is 19.2. The second-order valence-electron chi connectivity index (χ2n) is 7.21. The van der Waals surface area contributed by atoms with Crippen LogP contribution in [0.15, 0.2) is 54.7 Å². The third-order valence-electron chi connectivity index (χ3n) is 5.09. The fourth-order valence-electron chi connectivity index (χ4n) is 3.30. The van der Waals surface area contributed by atoms with E-state index in [9.17, 15) is 18.0 Å². The van der Waals surface area contributed by atoms with Gasteiger partial charge in [-0.1, -0.05) is 40.5 Å². The minimum atomic E-state index is -4.64. The van der Waals surface area contributed by atoms with E-state index in [1.165, 1.54) is 11.8 Å². The maximum Gasteiger partial charge on any atom is 0.417 e. The van der Waals surface area contributed by atoms with Crippen molar-refractivity contribution in [2.24, 2.45) is 0 Å². The van der Waals surface area contributed by atoms with Gasteiger partial charge in [-0.15, -0.1) is 5.10 Å². The zero-order valence-electron chi connectivity index (χ0n) is 17.7. The van der Waals surface area contributed by atoms with Crippen LogP contribution in [0, 0.1) is 6.92 Å². The molecule has 0 fully saturated rings. The third kappa shape index (κ3) is 4.49. The summed E-state index contributed by atoms with van der Waals surface area (Å²) in [5.74, 6) is -0.166. The van der Waals surface area contributed by atoms with Crippen molar-refractivity contribution in [1.29, 1.82) is 0 Å². The van der Waals surface area contributed by atoms with Crippen LogP contribution in [0.25, 0.3) is 16.8 Å². The number of alkyl halides is 3. The first-order valence-corrected chi connectivity index (χ1v) is 10.5. The molecule has 0 aliphatic heterocycles. The molecule has 0 unspecified atom stereocenters. The van der Waals surface area contributed by atoms with Gasteiger partial charge in [0.15, 0.2) is 5.69 Å². The van der Waals surface area contributed by atoms with Gasteiger partial charge in [0.05, 0.1) is 34.1 Å². The second kappa shape index (κ2) is 9.08. The third-order valence-corrected chi connectivity index (χ3v) is 5.83. The highest BCUT2D eigenvalue weighted by Gasteiger charge is 2.33. The summed E-state index contributed by atoms with van der Waals surface area (Å²) in [5.41, 5.74) is -0.00943. The molecule has 2 heterocycles. The summed E-state index contributed by atoms with van der Waals surface area (Å²) in [6.45, 7) is 1.60. The summed E-state index contributed by atoms with van der Waals surface area (Å²) in [4.78, 5) is 17.3. The van der Waals surface area contributed by atoms with Gasteiger partial charge < -0.3 is 4.74 Å². The normalized spacial score (nSPS) is 11.5. The van der Waals surface area contributed by atoms with Crippen LogP contribution in [0.1, 0.15) is 27.4 Å². The fraction of sp³-hybridized carbons (Fsp3) is 0.130. The summed E-state index contributed by atoms with van der Waals surface area (Å²) >= 11 is 12.0. The molecule has 0 radical (unpaired) electrons. The van der Waals surface area contributed by atoms with Crippen molar-refractivity contribution in [2.45, 2.75) is 13.1 Å². The van der Waals surface area contributed by atoms with Crippen LogP contribution in [-0.4, -0.2) is 32.9 Å². The van der Waals surface area contributed by atoms with Gasteiger partial charge in [-0.05, 0) is 48.9 Å². The van der Waals surface area contributed by atoms with Crippen molar-refractivity contribution in [3.05, 3.63) is 87.4 Å². The number of carbonyl (C=O) groups excluding carboxylic acids is 1. The molecular weight excluding hydrogens is 492 g/mol. The molecule has 0 bridgehead atoms. The molecule has 0 atom stereocenters. The van der Waals surface area contributed by atoms with Gasteiger partial charge in [0.25, 0.3) is 0 Å². The smallest absolute Gasteiger partial charge is 0.417 e. The Bertz CT molecular complexity index is 1390. The monoisotopic (exact) mass is 506 g/mol. The van der Waals surface area contributed by atoms with Crippen molar-refractivity contribution in [3.8, 4) is 22.6 Å². The molecule has 11 heteroatoms. The molecule has 0 spiro atoms. The van der Waals surface area contributed by atoms with E-state index in [1.54, 1.807) is 49.4 Å². The largest absolute Gasteiger partial charge is 0.497 e. The van der Waals surface area contributed by atoms with Crippen molar-refractivity contribution >= 4 is 29.0 Å². The van der Waals surface area contributed by atoms with Crippen molar-refractivity contribution < 1.29 is 22.7 Å². The molecule has 4 rings (SSSR count). The molecule has 34 heavy (non-hydrogen) atoms. The lowest BCUT2D eigenvalue weighted by Gasteiger charge is -2.13. The number of rotatable bonds is 5. The summed E-state index contributed by atoms with van der Waals surface area (Å²) in [7, 11) is 1.47. The lowest BCUT2D eigenvalue weighted by Crippen LogP contribution is -2.12. The Labute approximate surface area is 201 Å². The topological polar surface area (TPSA) is 69.9 Å². The van der Waals surface area contributed by atoms with E-state index in [0.29, 0.717) is 33.9 Å². The van der Waals surface area contributed by atoms with Crippen molar-refractivity contribution in [2.75, 3.05) is 7.11 Å².